The number of hydrogen-bond donors (Lipinski definition) is 1. The third-order valence-electron chi connectivity index (χ3n) is 8.11. The number of ether oxygens (including phenoxy) is 1. The Kier molecular flexibility index (Phi) is 6.21. The molecule has 3 heterocycles. The number of anilines is 4. The second-order valence-electron chi connectivity index (χ2n) is 10.8. The molecule has 7 aromatic rings. The Morgan fingerprint density at radius 1 is 0.600 bits per heavy atom. The molecule has 0 atom stereocenters. The fourth-order valence-electron chi connectivity index (χ4n) is 5.95. The number of aromatic nitrogens is 2. The Morgan fingerprint density at radius 2 is 1.16 bits per heavy atom. The predicted octanol–water partition coefficient (Wildman–Crippen LogP) is 9.66. The zero-order valence-corrected chi connectivity index (χ0v) is 24.1. The van der Waals surface area contributed by atoms with Gasteiger partial charge in [0, 0.05) is 33.8 Å². The van der Waals surface area contributed by atoms with Gasteiger partial charge in [-0.3, -0.25) is 0 Å². The normalized spacial score (nSPS) is 11.4. The van der Waals surface area contributed by atoms with E-state index in [1.807, 2.05) is 42.5 Å². The third kappa shape index (κ3) is 4.51. The minimum absolute atomic E-state index is 0.104. The molecule has 0 spiro atoms. The van der Waals surface area contributed by atoms with Gasteiger partial charge in [0.1, 0.15) is 23.2 Å². The Balaban J connectivity index is 1.17. The van der Waals surface area contributed by atoms with E-state index in [1.165, 1.54) is 0 Å². The maximum atomic E-state index is 9.94. The molecule has 0 saturated carbocycles. The summed E-state index contributed by atoms with van der Waals surface area (Å²) >= 11 is 0. The van der Waals surface area contributed by atoms with E-state index in [2.05, 4.69) is 113 Å². The van der Waals surface area contributed by atoms with E-state index >= 15 is 0 Å². The molecule has 1 aliphatic heterocycles. The van der Waals surface area contributed by atoms with E-state index < -0.39 is 0 Å². The standard InChI is InChI=1S/C39H25N5O/c40-24-33-37-36-32(31-13-7-8-14-35(31)45-39(36)43-38(33)41)23-34(42-37)27-17-15-25(16-18-27)26-19-21-30(22-20-26)44(28-9-3-1-4-10-28)29-11-5-2-6-12-29/h1-23H,(H2,41,43). The van der Waals surface area contributed by atoms with Crippen molar-refractivity contribution in [2.45, 2.75) is 0 Å². The van der Waals surface area contributed by atoms with Crippen LogP contribution in [0.4, 0.5) is 22.9 Å². The van der Waals surface area contributed by atoms with Crippen molar-refractivity contribution >= 4 is 33.8 Å². The van der Waals surface area contributed by atoms with Crippen LogP contribution in [0.15, 0.2) is 140 Å². The van der Waals surface area contributed by atoms with Crippen LogP contribution in [0.3, 0.4) is 0 Å². The second-order valence-corrected chi connectivity index (χ2v) is 10.8. The van der Waals surface area contributed by atoms with Gasteiger partial charge in [-0.2, -0.15) is 10.2 Å². The van der Waals surface area contributed by atoms with Gasteiger partial charge in [0.2, 0.25) is 5.88 Å². The number of hydrogen-bond acceptors (Lipinski definition) is 6. The quantitative estimate of drug-likeness (QED) is 0.218. The zero-order chi connectivity index (χ0) is 30.3. The van der Waals surface area contributed by atoms with E-state index in [1.54, 1.807) is 0 Å². The van der Waals surface area contributed by atoms with Crippen molar-refractivity contribution in [2.75, 3.05) is 10.6 Å². The first-order valence-electron chi connectivity index (χ1n) is 14.6. The van der Waals surface area contributed by atoms with Crippen molar-refractivity contribution in [2.24, 2.45) is 0 Å². The van der Waals surface area contributed by atoms with Gasteiger partial charge in [0.25, 0.3) is 0 Å². The Labute approximate surface area is 260 Å². The van der Waals surface area contributed by atoms with Crippen LogP contribution in [0.1, 0.15) is 5.56 Å². The lowest BCUT2D eigenvalue weighted by molar-refractivity contribution is 0.468. The van der Waals surface area contributed by atoms with Crippen LogP contribution in [-0.4, -0.2) is 9.97 Å². The number of para-hydroxylation sites is 3. The topological polar surface area (TPSA) is 88.1 Å². The minimum Gasteiger partial charge on any atom is -0.438 e. The molecule has 6 heteroatoms. The van der Waals surface area contributed by atoms with Crippen LogP contribution < -0.4 is 15.4 Å². The van der Waals surface area contributed by atoms with Gasteiger partial charge >= 0.3 is 0 Å². The number of fused-ring (bicyclic) bond motifs is 2. The highest BCUT2D eigenvalue weighted by atomic mass is 16.5. The number of nitrogen functional groups attached to an aromatic ring is 1. The van der Waals surface area contributed by atoms with Gasteiger partial charge in [-0.1, -0.05) is 91.0 Å². The Hall–Kier alpha value is -6.45. The van der Waals surface area contributed by atoms with Crippen LogP contribution in [0.25, 0.3) is 44.4 Å². The fraction of sp³-hybridized carbons (Fsp3) is 0. The summed E-state index contributed by atoms with van der Waals surface area (Å²) in [6, 6.07) is 49.7. The number of rotatable bonds is 5. The average molecular weight is 580 g/mol. The lowest BCUT2D eigenvalue weighted by Crippen LogP contribution is -2.09. The van der Waals surface area contributed by atoms with E-state index in [4.69, 9.17) is 15.5 Å². The Morgan fingerprint density at radius 3 is 1.80 bits per heavy atom. The summed E-state index contributed by atoms with van der Waals surface area (Å²) in [5.74, 6) is 1.16. The van der Waals surface area contributed by atoms with Crippen molar-refractivity contribution in [3.63, 3.8) is 0 Å². The van der Waals surface area contributed by atoms with Gasteiger partial charge in [-0.25, -0.2) is 4.98 Å². The highest BCUT2D eigenvalue weighted by Gasteiger charge is 2.26. The largest absolute Gasteiger partial charge is 0.438 e. The molecular formula is C39H25N5O. The summed E-state index contributed by atoms with van der Waals surface area (Å²) in [7, 11) is 0. The number of nitrogens with two attached hydrogens (primary N) is 1. The first-order valence-corrected chi connectivity index (χ1v) is 14.6. The molecule has 45 heavy (non-hydrogen) atoms. The minimum atomic E-state index is 0.104. The Bertz CT molecular complexity index is 2200. The molecule has 2 N–H and O–H groups in total. The maximum Gasteiger partial charge on any atom is 0.231 e. The molecule has 6 nitrogen and oxygen atoms in total. The summed E-state index contributed by atoms with van der Waals surface area (Å²) < 4.78 is 6.07. The summed E-state index contributed by atoms with van der Waals surface area (Å²) in [5.41, 5.74) is 15.9. The van der Waals surface area contributed by atoms with Gasteiger partial charge in [-0.15, -0.1) is 0 Å². The summed E-state index contributed by atoms with van der Waals surface area (Å²) in [5, 5.41) is 10.6. The number of nitriles is 1. The fourth-order valence-corrected chi connectivity index (χ4v) is 5.95. The van der Waals surface area contributed by atoms with Crippen LogP contribution in [0, 0.1) is 11.3 Å². The molecule has 0 radical (unpaired) electrons. The first kappa shape index (κ1) is 26.2. The molecule has 0 saturated heterocycles. The SMILES string of the molecule is N#Cc1c(N)nc2c3c(cc(-c4ccc(-c5ccc(N(c6ccccc6)c6ccccc6)cc5)cc4)nc13)-c1ccccc1O2. The van der Waals surface area contributed by atoms with E-state index in [-0.39, 0.29) is 11.4 Å². The van der Waals surface area contributed by atoms with E-state index in [0.29, 0.717) is 22.5 Å². The number of benzene rings is 5. The highest BCUT2D eigenvalue weighted by Crippen LogP contribution is 2.47. The monoisotopic (exact) mass is 579 g/mol. The number of pyridine rings is 2. The number of nitrogens with zero attached hydrogens (tertiary/aromatic N) is 4. The van der Waals surface area contributed by atoms with Gasteiger partial charge in [0.15, 0.2) is 0 Å². The third-order valence-corrected chi connectivity index (χ3v) is 8.11. The molecule has 1 aliphatic rings. The molecule has 5 aromatic carbocycles. The van der Waals surface area contributed by atoms with Gasteiger partial charge in [0.05, 0.1) is 16.6 Å². The molecule has 0 amide bonds. The predicted molar refractivity (Wildman–Crippen MR) is 180 cm³/mol. The second kappa shape index (κ2) is 10.7. The molecule has 8 rings (SSSR count). The average Bonchev–Trinajstić information content (AvgIpc) is 3.10. The molecule has 212 valence electrons. The van der Waals surface area contributed by atoms with E-state index in [0.717, 1.165) is 50.6 Å². The van der Waals surface area contributed by atoms with Crippen molar-refractivity contribution in [3.8, 4) is 51.2 Å². The van der Waals surface area contributed by atoms with Gasteiger partial charge < -0.3 is 15.4 Å². The van der Waals surface area contributed by atoms with Crippen LogP contribution in [0.2, 0.25) is 0 Å². The van der Waals surface area contributed by atoms with Crippen LogP contribution in [-0.2, 0) is 0 Å². The molecule has 0 aliphatic carbocycles. The van der Waals surface area contributed by atoms with E-state index in [9.17, 15) is 5.26 Å². The lowest BCUT2D eigenvalue weighted by atomic mass is 9.95. The smallest absolute Gasteiger partial charge is 0.231 e. The molecule has 0 unspecified atom stereocenters. The van der Waals surface area contributed by atoms with Crippen molar-refractivity contribution < 1.29 is 4.74 Å². The van der Waals surface area contributed by atoms with Crippen molar-refractivity contribution in [1.82, 2.24) is 9.97 Å². The maximum absolute atomic E-state index is 9.94. The van der Waals surface area contributed by atoms with Gasteiger partial charge in [-0.05, 0) is 59.7 Å². The van der Waals surface area contributed by atoms with Crippen molar-refractivity contribution in [1.29, 1.82) is 5.26 Å². The molecule has 0 bridgehead atoms. The lowest BCUT2D eigenvalue weighted by Gasteiger charge is -2.25. The molecule has 0 fully saturated rings. The zero-order valence-electron chi connectivity index (χ0n) is 24.1. The molecule has 2 aromatic heterocycles. The summed E-state index contributed by atoms with van der Waals surface area (Å²) in [6.07, 6.45) is 0. The van der Waals surface area contributed by atoms with Crippen molar-refractivity contribution in [3.05, 3.63) is 145 Å². The first-order chi connectivity index (χ1) is 22.2. The van der Waals surface area contributed by atoms with Crippen LogP contribution in [0.5, 0.6) is 11.6 Å². The molecular weight excluding hydrogens is 554 g/mol. The highest BCUT2D eigenvalue weighted by molar-refractivity contribution is 6.06. The summed E-state index contributed by atoms with van der Waals surface area (Å²) in [4.78, 5) is 11.6. The van der Waals surface area contributed by atoms with Crippen LogP contribution >= 0.6 is 0 Å². The summed E-state index contributed by atoms with van der Waals surface area (Å²) in [6.45, 7) is 0.